The van der Waals surface area contributed by atoms with Crippen LogP contribution >= 0.6 is 0 Å². The maximum atomic E-state index is 11.4. The molecule has 20 heavy (non-hydrogen) atoms. The molecule has 1 fully saturated rings. The lowest BCUT2D eigenvalue weighted by Gasteiger charge is -2.34. The van der Waals surface area contributed by atoms with Crippen LogP contribution < -0.4 is 10.2 Å². The third-order valence-electron chi connectivity index (χ3n) is 3.62. The Balaban J connectivity index is 2.12. The first-order valence-corrected chi connectivity index (χ1v) is 7.74. The highest BCUT2D eigenvalue weighted by molar-refractivity contribution is 7.79. The lowest BCUT2D eigenvalue weighted by atomic mass is 10.1. The number of benzene rings is 1. The van der Waals surface area contributed by atoms with Crippen molar-refractivity contribution < 1.29 is 8.76 Å². The van der Waals surface area contributed by atoms with E-state index in [0.717, 1.165) is 36.1 Å². The smallest absolute Gasteiger partial charge is 0.206 e. The topological polar surface area (TPSA) is 65.5 Å². The molecule has 2 atom stereocenters. The van der Waals surface area contributed by atoms with Gasteiger partial charge in [-0.1, -0.05) is 12.1 Å². The number of hydrogen-bond donors (Lipinski definition) is 2. The van der Waals surface area contributed by atoms with Crippen molar-refractivity contribution in [2.24, 2.45) is 0 Å². The summed E-state index contributed by atoms with van der Waals surface area (Å²) < 4.78 is 20.7. The summed E-state index contributed by atoms with van der Waals surface area (Å²) in [5.41, 5.74) is 1.10. The van der Waals surface area contributed by atoms with Crippen LogP contribution in [0.4, 0.5) is 5.69 Å². The number of fused-ring (bicyclic) bond motifs is 1. The summed E-state index contributed by atoms with van der Waals surface area (Å²) in [4.78, 5) is 6.34. The molecule has 6 heteroatoms. The first kappa shape index (κ1) is 13.5. The van der Waals surface area contributed by atoms with Crippen LogP contribution in [-0.4, -0.2) is 39.4 Å². The van der Waals surface area contributed by atoms with Crippen molar-refractivity contribution in [2.45, 2.75) is 18.0 Å². The molecule has 0 spiro atoms. The van der Waals surface area contributed by atoms with Crippen LogP contribution in [0.5, 0.6) is 0 Å². The van der Waals surface area contributed by atoms with E-state index in [0.29, 0.717) is 6.04 Å². The fourth-order valence-electron chi connectivity index (χ4n) is 2.73. The quantitative estimate of drug-likeness (QED) is 0.823. The zero-order valence-electron chi connectivity index (χ0n) is 11.2. The van der Waals surface area contributed by atoms with E-state index >= 15 is 0 Å². The van der Waals surface area contributed by atoms with Crippen molar-refractivity contribution in [1.82, 2.24) is 10.3 Å². The van der Waals surface area contributed by atoms with Crippen LogP contribution in [0.1, 0.15) is 6.92 Å². The molecule has 1 aromatic heterocycles. The van der Waals surface area contributed by atoms with Crippen LogP contribution in [-0.2, 0) is 11.1 Å². The number of nitrogens with one attached hydrogen (secondary N) is 1. The van der Waals surface area contributed by atoms with Crippen LogP contribution in [0.25, 0.3) is 10.8 Å². The molecule has 1 saturated heterocycles. The standard InChI is InChI=1S/C14H17N3O2S/c1-10-9-17(8-7-15-10)13-4-2-3-12-11(13)5-6-16-14(12)20(18)19/h2-6,10,15H,7-9H2,1H3,(H,18,19). The molecule has 106 valence electrons. The SMILES string of the molecule is CC1CN(c2cccc3c(S(=O)O)nccc23)CCN1. The first-order chi connectivity index (χ1) is 9.66. The Morgan fingerprint density at radius 2 is 2.25 bits per heavy atom. The summed E-state index contributed by atoms with van der Waals surface area (Å²) in [6, 6.07) is 8.17. The normalized spacial score (nSPS) is 21.1. The van der Waals surface area contributed by atoms with Gasteiger partial charge in [-0.3, -0.25) is 0 Å². The highest BCUT2D eigenvalue weighted by atomic mass is 32.2. The maximum Gasteiger partial charge on any atom is 0.206 e. The van der Waals surface area contributed by atoms with Gasteiger partial charge in [0.15, 0.2) is 5.03 Å². The van der Waals surface area contributed by atoms with E-state index < -0.39 is 11.1 Å². The molecule has 3 rings (SSSR count). The minimum absolute atomic E-state index is 0.229. The Kier molecular flexibility index (Phi) is 3.69. The van der Waals surface area contributed by atoms with Gasteiger partial charge in [0, 0.05) is 48.3 Å². The summed E-state index contributed by atoms with van der Waals surface area (Å²) >= 11 is -2.07. The number of nitrogens with zero attached hydrogens (tertiary/aromatic N) is 2. The molecule has 2 unspecified atom stereocenters. The van der Waals surface area contributed by atoms with E-state index in [-0.39, 0.29) is 5.03 Å². The van der Waals surface area contributed by atoms with E-state index in [2.05, 4.69) is 28.2 Å². The summed E-state index contributed by atoms with van der Waals surface area (Å²) in [5.74, 6) is 0. The van der Waals surface area contributed by atoms with Crippen LogP contribution in [0.3, 0.4) is 0 Å². The van der Waals surface area contributed by atoms with E-state index in [1.165, 1.54) is 0 Å². The van der Waals surface area contributed by atoms with Gasteiger partial charge in [-0.2, -0.15) is 0 Å². The number of rotatable bonds is 2. The van der Waals surface area contributed by atoms with Crippen LogP contribution in [0.15, 0.2) is 35.5 Å². The lowest BCUT2D eigenvalue weighted by molar-refractivity contribution is 0.485. The number of piperazine rings is 1. The molecule has 0 radical (unpaired) electrons. The van der Waals surface area contributed by atoms with Gasteiger partial charge in [-0.05, 0) is 19.1 Å². The summed E-state index contributed by atoms with van der Waals surface area (Å²) in [6.45, 7) is 4.97. The van der Waals surface area contributed by atoms with Gasteiger partial charge < -0.3 is 14.8 Å². The minimum Gasteiger partial charge on any atom is -0.368 e. The summed E-state index contributed by atoms with van der Waals surface area (Å²) in [7, 11) is 0. The third kappa shape index (κ3) is 2.42. The molecule has 1 aromatic carbocycles. The average Bonchev–Trinajstić information content (AvgIpc) is 2.45. The van der Waals surface area contributed by atoms with Gasteiger partial charge >= 0.3 is 0 Å². The fraction of sp³-hybridized carbons (Fsp3) is 0.357. The van der Waals surface area contributed by atoms with E-state index in [4.69, 9.17) is 0 Å². The van der Waals surface area contributed by atoms with Crippen molar-refractivity contribution in [3.63, 3.8) is 0 Å². The van der Waals surface area contributed by atoms with Gasteiger partial charge in [0.25, 0.3) is 0 Å². The summed E-state index contributed by atoms with van der Waals surface area (Å²) in [6.07, 6.45) is 1.60. The molecule has 2 aromatic rings. The molecule has 5 nitrogen and oxygen atoms in total. The predicted octanol–water partition coefficient (Wildman–Crippen LogP) is 1.61. The zero-order chi connectivity index (χ0) is 14.1. The number of pyridine rings is 1. The van der Waals surface area contributed by atoms with Gasteiger partial charge in [0.1, 0.15) is 0 Å². The molecule has 0 bridgehead atoms. The Hall–Kier alpha value is -1.50. The predicted molar refractivity (Wildman–Crippen MR) is 80.5 cm³/mol. The monoisotopic (exact) mass is 291 g/mol. The highest BCUT2D eigenvalue weighted by Gasteiger charge is 2.19. The molecule has 2 N–H and O–H groups in total. The van der Waals surface area contributed by atoms with Gasteiger partial charge in [0.2, 0.25) is 11.1 Å². The van der Waals surface area contributed by atoms with E-state index in [1.807, 2.05) is 18.2 Å². The highest BCUT2D eigenvalue weighted by Crippen LogP contribution is 2.29. The second-order valence-corrected chi connectivity index (χ2v) is 5.92. The molecule has 2 heterocycles. The largest absolute Gasteiger partial charge is 0.368 e. The maximum absolute atomic E-state index is 11.4. The van der Waals surface area contributed by atoms with Crippen molar-refractivity contribution in [2.75, 3.05) is 24.5 Å². The van der Waals surface area contributed by atoms with Crippen molar-refractivity contribution >= 4 is 27.5 Å². The molecule has 0 amide bonds. The number of anilines is 1. The average molecular weight is 291 g/mol. The Labute approximate surface area is 120 Å². The van der Waals surface area contributed by atoms with Crippen molar-refractivity contribution in [3.8, 4) is 0 Å². The van der Waals surface area contributed by atoms with Gasteiger partial charge in [-0.15, -0.1) is 0 Å². The number of hydrogen-bond acceptors (Lipinski definition) is 4. The molecule has 0 aliphatic carbocycles. The minimum atomic E-state index is -2.07. The van der Waals surface area contributed by atoms with Crippen molar-refractivity contribution in [3.05, 3.63) is 30.5 Å². The van der Waals surface area contributed by atoms with Crippen molar-refractivity contribution in [1.29, 1.82) is 0 Å². The fourth-order valence-corrected chi connectivity index (χ4v) is 3.25. The third-order valence-corrected chi connectivity index (χ3v) is 4.28. The van der Waals surface area contributed by atoms with Crippen LogP contribution in [0.2, 0.25) is 0 Å². The lowest BCUT2D eigenvalue weighted by Crippen LogP contribution is -2.49. The van der Waals surface area contributed by atoms with Gasteiger partial charge in [-0.25, -0.2) is 9.19 Å². The van der Waals surface area contributed by atoms with Gasteiger partial charge in [0.05, 0.1) is 0 Å². The first-order valence-electron chi connectivity index (χ1n) is 6.64. The Morgan fingerprint density at radius 1 is 1.40 bits per heavy atom. The molecule has 1 aliphatic heterocycles. The zero-order valence-corrected chi connectivity index (χ0v) is 12.1. The number of aromatic nitrogens is 1. The second kappa shape index (κ2) is 5.47. The second-order valence-electron chi connectivity index (χ2n) is 5.04. The van der Waals surface area contributed by atoms with E-state index in [1.54, 1.807) is 6.20 Å². The molecular weight excluding hydrogens is 274 g/mol. The molecule has 1 aliphatic rings. The Morgan fingerprint density at radius 3 is 3.00 bits per heavy atom. The molecular formula is C14H17N3O2S. The molecule has 0 saturated carbocycles. The van der Waals surface area contributed by atoms with Crippen LogP contribution in [0, 0.1) is 0 Å². The summed E-state index contributed by atoms with van der Waals surface area (Å²) in [5, 5.41) is 5.37. The Bertz CT molecular complexity index is 662. The van der Waals surface area contributed by atoms with E-state index in [9.17, 15) is 8.76 Å².